The summed E-state index contributed by atoms with van der Waals surface area (Å²) in [6.07, 6.45) is 0. The largest absolute Gasteiger partial charge is 0.0616 e. The van der Waals surface area contributed by atoms with Gasteiger partial charge in [0.1, 0.15) is 0 Å². The number of fused-ring (bicyclic) bond motifs is 15. The second-order valence-electron chi connectivity index (χ2n) is 9.72. The van der Waals surface area contributed by atoms with Gasteiger partial charge in [0, 0.05) is 0 Å². The Morgan fingerprint density at radius 1 is 0.235 bits per heavy atom. The summed E-state index contributed by atoms with van der Waals surface area (Å²) >= 11 is 0. The van der Waals surface area contributed by atoms with Gasteiger partial charge in [-0.15, -0.1) is 0 Å². The lowest BCUT2D eigenvalue weighted by Crippen LogP contribution is -1.91. The Bertz CT molecular complexity index is 2100. The van der Waals surface area contributed by atoms with Crippen molar-refractivity contribution >= 4 is 86.2 Å². The van der Waals surface area contributed by atoms with E-state index in [4.69, 9.17) is 0 Å². The van der Waals surface area contributed by atoms with Crippen molar-refractivity contribution in [2.45, 2.75) is 0 Å². The van der Waals surface area contributed by atoms with Gasteiger partial charge in [0.05, 0.1) is 0 Å². The molecule has 0 heteroatoms. The minimum Gasteiger partial charge on any atom is -0.0616 e. The highest BCUT2D eigenvalue weighted by atomic mass is 14.2. The summed E-state index contributed by atoms with van der Waals surface area (Å²) in [5.41, 5.74) is 0. The standard InChI is InChI=1S/C34H18/c1-3-7-21-17-31-29(15-19(21)5-1)27-11-9-23-24-10-12-28-30-16-20-6-2-4-8-22(20)18-32(30)34(28)26(24)14-13-25(23)33(27)31/h1-18H. The van der Waals surface area contributed by atoms with Gasteiger partial charge in [-0.3, -0.25) is 0 Å². The molecular formula is C34H18. The van der Waals surface area contributed by atoms with Crippen molar-refractivity contribution in [3.05, 3.63) is 109 Å². The highest BCUT2D eigenvalue weighted by Crippen LogP contribution is 2.46. The first-order chi connectivity index (χ1) is 16.8. The zero-order valence-electron chi connectivity index (χ0n) is 18.4. The second kappa shape index (κ2) is 5.73. The highest BCUT2D eigenvalue weighted by Gasteiger charge is 2.18. The summed E-state index contributed by atoms with van der Waals surface area (Å²) in [6, 6.07) is 40.8. The summed E-state index contributed by atoms with van der Waals surface area (Å²) in [5, 5.41) is 21.8. The molecule has 0 radical (unpaired) electrons. The van der Waals surface area contributed by atoms with Crippen LogP contribution in [-0.4, -0.2) is 0 Å². The van der Waals surface area contributed by atoms with Crippen molar-refractivity contribution in [1.82, 2.24) is 0 Å². The van der Waals surface area contributed by atoms with Gasteiger partial charge in [0.2, 0.25) is 0 Å². The van der Waals surface area contributed by atoms with Crippen LogP contribution in [-0.2, 0) is 0 Å². The molecule has 0 N–H and O–H groups in total. The highest BCUT2D eigenvalue weighted by molar-refractivity contribution is 6.40. The van der Waals surface area contributed by atoms with Crippen LogP contribution in [0.3, 0.4) is 0 Å². The fourth-order valence-corrected chi connectivity index (χ4v) is 6.47. The van der Waals surface area contributed by atoms with Crippen molar-refractivity contribution < 1.29 is 0 Å². The fraction of sp³-hybridized carbons (Fsp3) is 0. The van der Waals surface area contributed by atoms with Gasteiger partial charge in [-0.25, -0.2) is 0 Å². The molecule has 0 atom stereocenters. The molecule has 34 heavy (non-hydrogen) atoms. The van der Waals surface area contributed by atoms with E-state index in [2.05, 4.69) is 109 Å². The molecule has 0 heterocycles. The molecule has 0 aliphatic rings. The summed E-state index contributed by atoms with van der Waals surface area (Å²) in [6.45, 7) is 0. The number of benzene rings is 7. The summed E-state index contributed by atoms with van der Waals surface area (Å²) in [7, 11) is 0. The lowest BCUT2D eigenvalue weighted by atomic mass is 9.84. The Morgan fingerprint density at radius 2 is 0.529 bits per heavy atom. The van der Waals surface area contributed by atoms with Gasteiger partial charge in [-0.05, 0) is 110 Å². The average Bonchev–Trinajstić information content (AvgIpc) is 2.88. The van der Waals surface area contributed by atoms with Gasteiger partial charge in [0.25, 0.3) is 0 Å². The third kappa shape index (κ3) is 1.93. The first-order valence-electron chi connectivity index (χ1n) is 11.9. The number of hydrogen-bond acceptors (Lipinski definition) is 0. The van der Waals surface area contributed by atoms with Crippen molar-refractivity contribution in [3.8, 4) is 0 Å². The zero-order valence-corrected chi connectivity index (χ0v) is 18.4. The first kappa shape index (κ1) is 17.1. The molecule has 9 aromatic rings. The van der Waals surface area contributed by atoms with Crippen LogP contribution in [0.15, 0.2) is 109 Å². The maximum absolute atomic E-state index is 2.37. The zero-order chi connectivity index (χ0) is 22.0. The summed E-state index contributed by atoms with van der Waals surface area (Å²) in [5.74, 6) is 0. The van der Waals surface area contributed by atoms with Gasteiger partial charge < -0.3 is 0 Å². The summed E-state index contributed by atoms with van der Waals surface area (Å²) < 4.78 is 0. The maximum Gasteiger partial charge on any atom is -0.00199 e. The van der Waals surface area contributed by atoms with Crippen molar-refractivity contribution in [2.24, 2.45) is 0 Å². The Hall–Kier alpha value is -4.42. The van der Waals surface area contributed by atoms with E-state index >= 15 is 0 Å². The fourth-order valence-electron chi connectivity index (χ4n) is 6.47. The van der Waals surface area contributed by atoms with Gasteiger partial charge >= 0.3 is 0 Å². The molecule has 0 bridgehead atoms. The van der Waals surface area contributed by atoms with Crippen LogP contribution >= 0.6 is 0 Å². The van der Waals surface area contributed by atoms with E-state index in [0.29, 0.717) is 0 Å². The monoisotopic (exact) mass is 426 g/mol. The molecule has 0 nitrogen and oxygen atoms in total. The van der Waals surface area contributed by atoms with E-state index in [1.54, 1.807) is 0 Å². The third-order valence-corrected chi connectivity index (χ3v) is 8.09. The van der Waals surface area contributed by atoms with E-state index in [-0.39, 0.29) is 0 Å². The molecule has 9 aromatic carbocycles. The van der Waals surface area contributed by atoms with Crippen LogP contribution < -0.4 is 0 Å². The molecule has 0 aliphatic heterocycles. The van der Waals surface area contributed by atoms with Crippen LogP contribution in [0.5, 0.6) is 0 Å². The van der Waals surface area contributed by atoms with Gasteiger partial charge in [-0.2, -0.15) is 0 Å². The molecule has 154 valence electrons. The maximum atomic E-state index is 2.37. The Morgan fingerprint density at radius 3 is 0.912 bits per heavy atom. The van der Waals surface area contributed by atoms with Crippen molar-refractivity contribution in [1.29, 1.82) is 0 Å². The number of rotatable bonds is 0. The normalized spacial score (nSPS) is 12.7. The van der Waals surface area contributed by atoms with Crippen LogP contribution in [0.2, 0.25) is 0 Å². The quantitative estimate of drug-likeness (QED) is 0.212. The molecule has 0 aromatic heterocycles. The van der Waals surface area contributed by atoms with E-state index in [1.165, 1.54) is 86.2 Å². The average molecular weight is 427 g/mol. The van der Waals surface area contributed by atoms with Crippen molar-refractivity contribution in [2.75, 3.05) is 0 Å². The van der Waals surface area contributed by atoms with E-state index in [0.717, 1.165) is 0 Å². The molecule has 0 saturated carbocycles. The molecule has 0 fully saturated rings. The van der Waals surface area contributed by atoms with Crippen LogP contribution in [0.1, 0.15) is 0 Å². The van der Waals surface area contributed by atoms with Crippen molar-refractivity contribution in [3.63, 3.8) is 0 Å². The Labute approximate surface area is 195 Å². The summed E-state index contributed by atoms with van der Waals surface area (Å²) in [4.78, 5) is 0. The van der Waals surface area contributed by atoms with E-state index in [1.807, 2.05) is 0 Å². The molecule has 9 rings (SSSR count). The topological polar surface area (TPSA) is 0 Å². The van der Waals surface area contributed by atoms with Crippen LogP contribution in [0.25, 0.3) is 86.2 Å². The minimum absolute atomic E-state index is 1.31. The SMILES string of the molecule is c1ccc2cc3c(cc2c1)c1ccc2c4ccc5c6cc7ccccc7cc6c5c4ccc2c13. The Kier molecular flexibility index (Phi) is 2.88. The lowest BCUT2D eigenvalue weighted by molar-refractivity contribution is 1.79. The van der Waals surface area contributed by atoms with E-state index in [9.17, 15) is 0 Å². The predicted molar refractivity (Wildman–Crippen MR) is 149 cm³/mol. The van der Waals surface area contributed by atoms with Crippen LogP contribution in [0, 0.1) is 0 Å². The first-order valence-corrected chi connectivity index (χ1v) is 11.9. The Balaban J connectivity index is 1.39. The molecule has 0 saturated heterocycles. The number of hydrogen-bond donors (Lipinski definition) is 0. The minimum atomic E-state index is 1.31. The second-order valence-corrected chi connectivity index (χ2v) is 9.72. The van der Waals surface area contributed by atoms with Gasteiger partial charge in [-0.1, -0.05) is 84.9 Å². The van der Waals surface area contributed by atoms with Crippen LogP contribution in [0.4, 0.5) is 0 Å². The molecule has 0 amide bonds. The smallest absolute Gasteiger partial charge is 0.00199 e. The third-order valence-electron chi connectivity index (χ3n) is 8.09. The molecular weight excluding hydrogens is 408 g/mol. The molecule has 0 unspecified atom stereocenters. The lowest BCUT2D eigenvalue weighted by Gasteiger charge is -2.19. The van der Waals surface area contributed by atoms with E-state index < -0.39 is 0 Å². The molecule has 0 spiro atoms. The van der Waals surface area contributed by atoms with Gasteiger partial charge in [0.15, 0.2) is 0 Å². The molecule has 0 aliphatic carbocycles. The predicted octanol–water partition coefficient (Wildman–Crippen LogP) is 9.79.